The Labute approximate surface area is 143 Å². The third kappa shape index (κ3) is 4.81. The molecule has 1 aromatic heterocycles. The van der Waals surface area contributed by atoms with Gasteiger partial charge in [-0.2, -0.15) is 5.26 Å². The fourth-order valence-corrected chi connectivity index (χ4v) is 2.68. The van der Waals surface area contributed by atoms with E-state index in [-0.39, 0.29) is 11.1 Å². The fourth-order valence-electron chi connectivity index (χ4n) is 2.68. The molecule has 0 bridgehead atoms. The van der Waals surface area contributed by atoms with Crippen LogP contribution in [0, 0.1) is 18.3 Å². The first-order valence-electron chi connectivity index (χ1n) is 8.46. The molecule has 0 fully saturated rings. The summed E-state index contributed by atoms with van der Waals surface area (Å²) in [7, 11) is 0. The third-order valence-corrected chi connectivity index (χ3v) is 3.93. The van der Waals surface area contributed by atoms with Gasteiger partial charge in [0.15, 0.2) is 0 Å². The number of aromatic amines is 1. The van der Waals surface area contributed by atoms with E-state index in [4.69, 9.17) is 4.74 Å². The van der Waals surface area contributed by atoms with Crippen LogP contribution in [0.25, 0.3) is 11.1 Å². The molecule has 24 heavy (non-hydrogen) atoms. The van der Waals surface area contributed by atoms with Crippen molar-refractivity contribution in [1.29, 1.82) is 5.26 Å². The summed E-state index contributed by atoms with van der Waals surface area (Å²) in [4.78, 5) is 14.6. The predicted molar refractivity (Wildman–Crippen MR) is 95.7 cm³/mol. The van der Waals surface area contributed by atoms with Crippen LogP contribution in [0.15, 0.2) is 35.1 Å². The van der Waals surface area contributed by atoms with Crippen molar-refractivity contribution in [3.05, 3.63) is 57.5 Å². The lowest BCUT2D eigenvalue weighted by Crippen LogP contribution is -2.12. The summed E-state index contributed by atoms with van der Waals surface area (Å²) in [5, 5.41) is 9.27. The largest absolute Gasteiger partial charge is 0.377 e. The lowest BCUT2D eigenvalue weighted by atomic mass is 9.99. The number of nitriles is 1. The zero-order chi connectivity index (χ0) is 17.4. The Hall–Kier alpha value is -2.38. The summed E-state index contributed by atoms with van der Waals surface area (Å²) in [5.74, 6) is 0. The van der Waals surface area contributed by atoms with Gasteiger partial charge in [-0.1, -0.05) is 44.4 Å². The smallest absolute Gasteiger partial charge is 0.266 e. The molecule has 0 saturated heterocycles. The monoisotopic (exact) mass is 324 g/mol. The quantitative estimate of drug-likeness (QED) is 0.735. The molecule has 4 nitrogen and oxygen atoms in total. The summed E-state index contributed by atoms with van der Waals surface area (Å²) >= 11 is 0. The second-order valence-electron chi connectivity index (χ2n) is 6.00. The van der Waals surface area contributed by atoms with Crippen molar-refractivity contribution in [2.75, 3.05) is 6.61 Å². The maximum Gasteiger partial charge on any atom is 0.266 e. The van der Waals surface area contributed by atoms with E-state index in [0.29, 0.717) is 12.2 Å². The van der Waals surface area contributed by atoms with Gasteiger partial charge in [0.1, 0.15) is 11.6 Å². The van der Waals surface area contributed by atoms with Crippen LogP contribution in [0.2, 0.25) is 0 Å². The van der Waals surface area contributed by atoms with E-state index in [0.717, 1.165) is 29.8 Å². The average Bonchev–Trinajstić information content (AvgIpc) is 2.57. The molecule has 126 valence electrons. The average molecular weight is 324 g/mol. The molecule has 0 aliphatic carbocycles. The van der Waals surface area contributed by atoms with Gasteiger partial charge >= 0.3 is 0 Å². The van der Waals surface area contributed by atoms with Gasteiger partial charge in [-0.15, -0.1) is 0 Å². The van der Waals surface area contributed by atoms with Crippen LogP contribution in [-0.4, -0.2) is 11.6 Å². The molecule has 4 heteroatoms. The maximum atomic E-state index is 11.9. The van der Waals surface area contributed by atoms with Gasteiger partial charge in [-0.25, -0.2) is 0 Å². The first-order chi connectivity index (χ1) is 11.7. The van der Waals surface area contributed by atoms with E-state index < -0.39 is 0 Å². The Morgan fingerprint density at radius 1 is 1.21 bits per heavy atom. The summed E-state index contributed by atoms with van der Waals surface area (Å²) in [6.45, 7) is 5.31. The molecule has 0 unspecified atom stereocenters. The first-order valence-corrected chi connectivity index (χ1v) is 8.46. The highest BCUT2D eigenvalue weighted by Gasteiger charge is 2.10. The Bertz CT molecular complexity index is 772. The minimum atomic E-state index is -0.343. The summed E-state index contributed by atoms with van der Waals surface area (Å²) < 4.78 is 5.73. The summed E-state index contributed by atoms with van der Waals surface area (Å²) in [5.41, 5.74) is 3.14. The molecule has 0 aliphatic heterocycles. The van der Waals surface area contributed by atoms with Crippen molar-refractivity contribution in [3.8, 4) is 17.2 Å². The highest BCUT2D eigenvalue weighted by atomic mass is 16.5. The molecular weight excluding hydrogens is 300 g/mol. The molecule has 2 aromatic rings. The number of benzene rings is 1. The molecule has 0 spiro atoms. The van der Waals surface area contributed by atoms with E-state index >= 15 is 0 Å². The van der Waals surface area contributed by atoms with Crippen molar-refractivity contribution in [3.63, 3.8) is 0 Å². The predicted octanol–water partition coefficient (Wildman–Crippen LogP) is 4.32. The molecule has 0 amide bonds. The van der Waals surface area contributed by atoms with Gasteiger partial charge in [0.25, 0.3) is 5.56 Å². The Kier molecular flexibility index (Phi) is 6.77. The number of hydrogen-bond donors (Lipinski definition) is 1. The van der Waals surface area contributed by atoms with Crippen LogP contribution >= 0.6 is 0 Å². The van der Waals surface area contributed by atoms with Crippen molar-refractivity contribution in [1.82, 2.24) is 4.98 Å². The number of hydrogen-bond acceptors (Lipinski definition) is 3. The van der Waals surface area contributed by atoms with E-state index in [2.05, 4.69) is 11.9 Å². The molecule has 1 heterocycles. The molecule has 0 aliphatic rings. The zero-order valence-corrected chi connectivity index (χ0v) is 14.4. The van der Waals surface area contributed by atoms with Gasteiger partial charge < -0.3 is 9.72 Å². The normalized spacial score (nSPS) is 10.5. The van der Waals surface area contributed by atoms with E-state index in [1.807, 2.05) is 43.3 Å². The number of aromatic nitrogens is 1. The van der Waals surface area contributed by atoms with Crippen LogP contribution in [0.3, 0.4) is 0 Å². The minimum absolute atomic E-state index is 0.151. The third-order valence-electron chi connectivity index (χ3n) is 3.93. The topological polar surface area (TPSA) is 65.9 Å². The molecule has 2 rings (SSSR count). The Morgan fingerprint density at radius 3 is 2.79 bits per heavy atom. The van der Waals surface area contributed by atoms with Crippen LogP contribution in [0.1, 0.15) is 49.4 Å². The number of rotatable bonds is 8. The Morgan fingerprint density at radius 2 is 2.04 bits per heavy atom. The van der Waals surface area contributed by atoms with E-state index in [1.165, 1.54) is 19.3 Å². The minimum Gasteiger partial charge on any atom is -0.377 e. The number of pyridine rings is 1. The van der Waals surface area contributed by atoms with Gasteiger partial charge in [-0.3, -0.25) is 4.79 Å². The van der Waals surface area contributed by atoms with E-state index in [1.54, 1.807) is 0 Å². The molecular formula is C20H24N2O2. The maximum absolute atomic E-state index is 11.9. The number of nitrogens with one attached hydrogen (secondary N) is 1. The number of H-pyrrole nitrogens is 1. The number of unbranched alkanes of at least 4 members (excludes halogenated alkanes) is 3. The van der Waals surface area contributed by atoms with Crippen LogP contribution < -0.4 is 5.56 Å². The highest BCUT2D eigenvalue weighted by Crippen LogP contribution is 2.23. The van der Waals surface area contributed by atoms with Gasteiger partial charge in [0, 0.05) is 17.9 Å². The number of aryl methyl sites for hydroxylation is 1. The van der Waals surface area contributed by atoms with Crippen LogP contribution in [0.4, 0.5) is 0 Å². The standard InChI is InChI=1S/C20H24N2O2/c1-3-4-5-6-10-24-14-16-8-7-9-17(12-16)18-11-15(2)22-20(23)19(18)13-21/h7-9,11-12H,3-6,10,14H2,1-2H3,(H,22,23). The van der Waals surface area contributed by atoms with Gasteiger partial charge in [0.2, 0.25) is 0 Å². The number of ether oxygens (including phenoxy) is 1. The van der Waals surface area contributed by atoms with Crippen molar-refractivity contribution in [2.45, 2.75) is 46.1 Å². The lowest BCUT2D eigenvalue weighted by molar-refractivity contribution is 0.117. The second kappa shape index (κ2) is 9.05. The summed E-state index contributed by atoms with van der Waals surface area (Å²) in [6, 6.07) is 11.7. The summed E-state index contributed by atoms with van der Waals surface area (Å²) in [6.07, 6.45) is 4.75. The van der Waals surface area contributed by atoms with Crippen LogP contribution in [-0.2, 0) is 11.3 Å². The van der Waals surface area contributed by atoms with Gasteiger partial charge in [0.05, 0.1) is 6.61 Å². The van der Waals surface area contributed by atoms with Crippen molar-refractivity contribution in [2.24, 2.45) is 0 Å². The first kappa shape index (κ1) is 18.0. The van der Waals surface area contributed by atoms with Crippen molar-refractivity contribution >= 4 is 0 Å². The molecule has 0 saturated carbocycles. The molecule has 0 radical (unpaired) electrons. The SMILES string of the molecule is CCCCCCOCc1cccc(-c2cc(C)[nH]c(=O)c2C#N)c1. The highest BCUT2D eigenvalue weighted by molar-refractivity contribution is 5.70. The fraction of sp³-hybridized carbons (Fsp3) is 0.400. The Balaban J connectivity index is 2.11. The zero-order valence-electron chi connectivity index (χ0n) is 14.4. The van der Waals surface area contributed by atoms with Crippen LogP contribution in [0.5, 0.6) is 0 Å². The van der Waals surface area contributed by atoms with Gasteiger partial charge in [-0.05, 0) is 36.6 Å². The van der Waals surface area contributed by atoms with Crippen molar-refractivity contribution < 1.29 is 4.74 Å². The molecule has 1 N–H and O–H groups in total. The number of nitrogens with zero attached hydrogens (tertiary/aromatic N) is 1. The van der Waals surface area contributed by atoms with E-state index in [9.17, 15) is 10.1 Å². The molecule has 0 atom stereocenters. The molecule has 1 aromatic carbocycles. The lowest BCUT2D eigenvalue weighted by Gasteiger charge is -2.09. The second-order valence-corrected chi connectivity index (χ2v) is 6.00.